The maximum Gasteiger partial charge on any atom is 0.276 e. The van der Waals surface area contributed by atoms with Gasteiger partial charge in [-0.3, -0.25) is 4.79 Å². The Balaban J connectivity index is 1.58. The number of amides is 1. The summed E-state index contributed by atoms with van der Waals surface area (Å²) >= 11 is 1.61. The molecule has 134 valence electrons. The third kappa shape index (κ3) is 3.66. The van der Waals surface area contributed by atoms with Gasteiger partial charge in [-0.15, -0.1) is 11.3 Å². The zero-order valence-electron chi connectivity index (χ0n) is 14.7. The molecule has 2 aromatic rings. The lowest BCUT2D eigenvalue weighted by Gasteiger charge is -2.41. The molecule has 5 heteroatoms. The SMILES string of the molecule is O=C(c1cc(-c2cccs2)on1)N(C1CCCCC1)C1CCCCC1. The zero-order valence-corrected chi connectivity index (χ0v) is 15.5. The van der Waals surface area contributed by atoms with Crippen LogP contribution in [0.3, 0.4) is 0 Å². The summed E-state index contributed by atoms with van der Waals surface area (Å²) in [7, 11) is 0. The molecule has 2 fully saturated rings. The second-order valence-corrected chi connectivity index (χ2v) is 8.30. The Labute approximate surface area is 153 Å². The Morgan fingerprint density at radius 1 is 1.04 bits per heavy atom. The van der Waals surface area contributed by atoms with E-state index in [1.807, 2.05) is 23.6 Å². The van der Waals surface area contributed by atoms with E-state index in [0.29, 0.717) is 23.5 Å². The summed E-state index contributed by atoms with van der Waals surface area (Å²) in [4.78, 5) is 16.5. The number of carbonyl (C=O) groups excluding carboxylic acids is 1. The van der Waals surface area contributed by atoms with Crippen LogP contribution in [0.25, 0.3) is 10.6 Å². The van der Waals surface area contributed by atoms with Gasteiger partial charge in [0.05, 0.1) is 4.88 Å². The van der Waals surface area contributed by atoms with E-state index < -0.39 is 0 Å². The van der Waals surface area contributed by atoms with Crippen LogP contribution in [-0.2, 0) is 0 Å². The summed E-state index contributed by atoms with van der Waals surface area (Å²) in [5.41, 5.74) is 0.472. The van der Waals surface area contributed by atoms with Gasteiger partial charge >= 0.3 is 0 Å². The molecule has 0 atom stereocenters. The highest BCUT2D eigenvalue weighted by Crippen LogP contribution is 2.32. The van der Waals surface area contributed by atoms with Gasteiger partial charge in [0.1, 0.15) is 0 Å². The minimum atomic E-state index is 0.0744. The summed E-state index contributed by atoms with van der Waals surface area (Å²) in [5, 5.41) is 6.13. The zero-order chi connectivity index (χ0) is 17.1. The highest BCUT2D eigenvalue weighted by atomic mass is 32.1. The van der Waals surface area contributed by atoms with Gasteiger partial charge in [-0.05, 0) is 37.1 Å². The third-order valence-corrected chi connectivity index (χ3v) is 6.55. The average Bonchev–Trinajstić information content (AvgIpc) is 3.35. The van der Waals surface area contributed by atoms with Gasteiger partial charge in [-0.25, -0.2) is 0 Å². The first-order valence-corrected chi connectivity index (χ1v) is 10.5. The first kappa shape index (κ1) is 16.8. The normalized spacial score (nSPS) is 19.8. The Kier molecular flexibility index (Phi) is 5.20. The van der Waals surface area contributed by atoms with Crippen molar-refractivity contribution < 1.29 is 9.32 Å². The summed E-state index contributed by atoms with van der Waals surface area (Å²) in [6.45, 7) is 0. The topological polar surface area (TPSA) is 46.3 Å². The fraction of sp³-hybridized carbons (Fsp3) is 0.600. The highest BCUT2D eigenvalue weighted by Gasteiger charge is 2.34. The number of nitrogens with zero attached hydrogens (tertiary/aromatic N) is 2. The van der Waals surface area contributed by atoms with E-state index in [1.54, 1.807) is 11.3 Å². The van der Waals surface area contributed by atoms with E-state index in [-0.39, 0.29) is 5.91 Å². The van der Waals surface area contributed by atoms with Crippen molar-refractivity contribution in [1.82, 2.24) is 10.1 Å². The van der Waals surface area contributed by atoms with Crippen LogP contribution in [0.1, 0.15) is 74.7 Å². The molecule has 4 rings (SSSR count). The fourth-order valence-corrected chi connectivity index (χ4v) is 5.06. The summed E-state index contributed by atoms with van der Waals surface area (Å²) < 4.78 is 5.47. The molecule has 25 heavy (non-hydrogen) atoms. The van der Waals surface area contributed by atoms with E-state index >= 15 is 0 Å². The molecule has 0 unspecified atom stereocenters. The van der Waals surface area contributed by atoms with Gasteiger partial charge in [-0.2, -0.15) is 0 Å². The second-order valence-electron chi connectivity index (χ2n) is 7.35. The van der Waals surface area contributed by atoms with Crippen molar-refractivity contribution in [3.05, 3.63) is 29.3 Å². The molecule has 0 aromatic carbocycles. The Morgan fingerprint density at radius 2 is 1.68 bits per heavy atom. The molecule has 2 saturated carbocycles. The molecule has 2 aliphatic rings. The number of thiophene rings is 1. The quantitative estimate of drug-likeness (QED) is 0.724. The largest absolute Gasteiger partial charge is 0.355 e. The molecule has 4 nitrogen and oxygen atoms in total. The van der Waals surface area contributed by atoms with Crippen molar-refractivity contribution in [2.75, 3.05) is 0 Å². The van der Waals surface area contributed by atoms with Crippen LogP contribution < -0.4 is 0 Å². The number of hydrogen-bond acceptors (Lipinski definition) is 4. The molecule has 2 aliphatic carbocycles. The van der Waals surface area contributed by atoms with Crippen LogP contribution >= 0.6 is 11.3 Å². The molecule has 1 amide bonds. The Morgan fingerprint density at radius 3 is 2.24 bits per heavy atom. The third-order valence-electron chi connectivity index (χ3n) is 5.66. The number of hydrogen-bond donors (Lipinski definition) is 0. The maximum atomic E-state index is 13.3. The average molecular weight is 359 g/mol. The van der Waals surface area contributed by atoms with E-state index in [1.165, 1.54) is 38.5 Å². The summed E-state index contributed by atoms with van der Waals surface area (Å²) in [6.07, 6.45) is 12.1. The standard InChI is InChI=1S/C20H26N2O2S/c23-20(17-14-18(24-21-17)19-12-7-13-25-19)22(15-8-3-1-4-9-15)16-10-5-2-6-11-16/h7,12-16H,1-6,8-11H2. The van der Waals surface area contributed by atoms with Gasteiger partial charge in [-0.1, -0.05) is 49.7 Å². The van der Waals surface area contributed by atoms with Crippen LogP contribution in [-0.4, -0.2) is 28.0 Å². The second kappa shape index (κ2) is 7.73. The molecule has 0 aliphatic heterocycles. The minimum Gasteiger partial charge on any atom is -0.355 e. The lowest BCUT2D eigenvalue weighted by molar-refractivity contribution is 0.0438. The predicted octanol–water partition coefficient (Wildman–Crippen LogP) is 5.51. The Hall–Kier alpha value is -1.62. The molecule has 0 spiro atoms. The maximum absolute atomic E-state index is 13.3. The molecule has 0 radical (unpaired) electrons. The summed E-state index contributed by atoms with van der Waals surface area (Å²) in [5.74, 6) is 0.774. The summed E-state index contributed by atoms with van der Waals surface area (Å²) in [6, 6.07) is 6.57. The van der Waals surface area contributed by atoms with Crippen LogP contribution in [0.15, 0.2) is 28.1 Å². The van der Waals surface area contributed by atoms with E-state index in [4.69, 9.17) is 4.52 Å². The van der Waals surface area contributed by atoms with E-state index in [0.717, 1.165) is 30.6 Å². The van der Waals surface area contributed by atoms with Crippen molar-refractivity contribution in [2.24, 2.45) is 0 Å². The van der Waals surface area contributed by atoms with Crippen molar-refractivity contribution in [2.45, 2.75) is 76.3 Å². The van der Waals surface area contributed by atoms with Crippen LogP contribution in [0.5, 0.6) is 0 Å². The van der Waals surface area contributed by atoms with Crippen molar-refractivity contribution in [3.8, 4) is 10.6 Å². The first-order chi connectivity index (χ1) is 12.3. The molecule has 0 saturated heterocycles. The number of rotatable bonds is 4. The number of carbonyl (C=O) groups is 1. The fourth-order valence-electron chi connectivity index (χ4n) is 4.39. The smallest absolute Gasteiger partial charge is 0.276 e. The number of aromatic nitrogens is 1. The molecule has 2 aromatic heterocycles. The predicted molar refractivity (Wildman–Crippen MR) is 99.7 cm³/mol. The van der Waals surface area contributed by atoms with Crippen molar-refractivity contribution in [1.29, 1.82) is 0 Å². The van der Waals surface area contributed by atoms with Gasteiger partial charge in [0, 0.05) is 18.2 Å². The van der Waals surface area contributed by atoms with E-state index in [9.17, 15) is 4.79 Å². The van der Waals surface area contributed by atoms with Gasteiger partial charge in [0.15, 0.2) is 11.5 Å². The molecule has 0 N–H and O–H groups in total. The molecule has 2 heterocycles. The Bertz CT molecular complexity index is 664. The lowest BCUT2D eigenvalue weighted by atomic mass is 9.88. The van der Waals surface area contributed by atoms with Crippen LogP contribution in [0, 0.1) is 0 Å². The molecule has 0 bridgehead atoms. The van der Waals surface area contributed by atoms with Gasteiger partial charge in [0.25, 0.3) is 5.91 Å². The van der Waals surface area contributed by atoms with E-state index in [2.05, 4.69) is 10.1 Å². The van der Waals surface area contributed by atoms with Crippen molar-refractivity contribution in [3.63, 3.8) is 0 Å². The lowest BCUT2D eigenvalue weighted by Crippen LogP contribution is -2.48. The van der Waals surface area contributed by atoms with Crippen molar-refractivity contribution >= 4 is 17.2 Å². The first-order valence-electron chi connectivity index (χ1n) is 9.66. The van der Waals surface area contributed by atoms with Crippen LogP contribution in [0.2, 0.25) is 0 Å². The molecular weight excluding hydrogens is 332 g/mol. The van der Waals surface area contributed by atoms with Gasteiger partial charge < -0.3 is 9.42 Å². The van der Waals surface area contributed by atoms with Gasteiger partial charge in [0.2, 0.25) is 0 Å². The van der Waals surface area contributed by atoms with Crippen LogP contribution in [0.4, 0.5) is 0 Å². The monoisotopic (exact) mass is 358 g/mol. The molecular formula is C20H26N2O2S. The minimum absolute atomic E-state index is 0.0744. The highest BCUT2D eigenvalue weighted by molar-refractivity contribution is 7.13.